The Morgan fingerprint density at radius 1 is 1.50 bits per heavy atom. The molecule has 0 unspecified atom stereocenters. The monoisotopic (exact) mass is 206 g/mol. The second-order valence-electron chi connectivity index (χ2n) is 1.66. The molecule has 0 fully saturated rings. The summed E-state index contributed by atoms with van der Waals surface area (Å²) in [6.45, 7) is 0. The topological polar surface area (TPSA) is 39.9 Å². The standard InChI is InChI=1S/C6H3N3.Y/c1-2-5-6(7-3-1)9-4-8-5;/h1-2,4H;/q-1;. The van der Waals surface area contributed by atoms with Crippen LogP contribution in [0.1, 0.15) is 0 Å². The third kappa shape index (κ3) is 1.25. The fraction of sp³-hybridized carbons (Fsp3) is 0. The summed E-state index contributed by atoms with van der Waals surface area (Å²) < 4.78 is 0. The Kier molecular flexibility index (Phi) is 2.52. The molecule has 0 saturated heterocycles. The minimum atomic E-state index is 0. The number of rotatable bonds is 0. The van der Waals surface area contributed by atoms with Crippen LogP contribution >= 0.6 is 0 Å². The van der Waals surface area contributed by atoms with Crippen molar-refractivity contribution in [3.63, 3.8) is 0 Å². The van der Waals surface area contributed by atoms with Crippen LogP contribution in [0.5, 0.6) is 0 Å². The van der Waals surface area contributed by atoms with E-state index in [-0.39, 0.29) is 32.7 Å². The summed E-state index contributed by atoms with van der Waals surface area (Å²) in [5.41, 5.74) is 1.49. The van der Waals surface area contributed by atoms with Gasteiger partial charge in [0, 0.05) is 50.1 Å². The van der Waals surface area contributed by atoms with E-state index in [1.54, 1.807) is 6.07 Å². The predicted octanol–water partition coefficient (Wildman–Crippen LogP) is 0.385. The van der Waals surface area contributed by atoms with Crippen LogP contribution in [0.3, 0.4) is 0 Å². The van der Waals surface area contributed by atoms with Crippen molar-refractivity contribution < 1.29 is 32.7 Å². The molecule has 0 aliphatic carbocycles. The first-order valence-electron chi connectivity index (χ1n) is 2.57. The number of nitrogens with zero attached hydrogens (tertiary/aromatic N) is 3. The van der Waals surface area contributed by atoms with Crippen LogP contribution in [0, 0.1) is 6.20 Å². The molecule has 10 heavy (non-hydrogen) atoms. The number of fused-ring (bicyclic) bond motifs is 1. The molecule has 0 spiro atoms. The summed E-state index contributed by atoms with van der Waals surface area (Å²) in [4.78, 5) is 11.6. The van der Waals surface area contributed by atoms with Gasteiger partial charge in [-0.15, -0.1) is 0 Å². The summed E-state index contributed by atoms with van der Waals surface area (Å²) in [6.07, 6.45) is 4.16. The van der Waals surface area contributed by atoms with E-state index in [0.29, 0.717) is 5.65 Å². The van der Waals surface area contributed by atoms with Crippen LogP contribution in [-0.4, -0.2) is 9.97 Å². The summed E-state index contributed by atoms with van der Waals surface area (Å²) in [5.74, 6) is 0. The van der Waals surface area contributed by atoms with Gasteiger partial charge < -0.3 is 15.0 Å². The van der Waals surface area contributed by atoms with Gasteiger partial charge in [-0.25, -0.2) is 0 Å². The maximum Gasteiger partial charge on any atom is 0.0196 e. The maximum absolute atomic E-state index is 3.93. The van der Waals surface area contributed by atoms with Gasteiger partial charge in [0.2, 0.25) is 0 Å². The average molecular weight is 206 g/mol. The molecular weight excluding hydrogens is 203 g/mol. The van der Waals surface area contributed by atoms with E-state index in [1.807, 2.05) is 6.07 Å². The van der Waals surface area contributed by atoms with Crippen LogP contribution in [0.15, 0.2) is 18.5 Å². The van der Waals surface area contributed by atoms with E-state index < -0.39 is 0 Å². The van der Waals surface area contributed by atoms with Gasteiger partial charge in [-0.2, -0.15) is 0 Å². The molecule has 0 amide bonds. The van der Waals surface area contributed by atoms with Gasteiger partial charge in [0.05, 0.1) is 0 Å². The Hall–Kier alpha value is -0.276. The average Bonchev–Trinajstić information content (AvgIpc) is 2.33. The normalized spacial score (nSPS) is 9.20. The second-order valence-corrected chi connectivity index (χ2v) is 1.66. The van der Waals surface area contributed by atoms with Crippen molar-refractivity contribution in [2.75, 3.05) is 0 Å². The fourth-order valence-electron chi connectivity index (χ4n) is 0.688. The maximum atomic E-state index is 3.93. The Balaban J connectivity index is 0.000000500. The molecule has 2 aromatic heterocycles. The fourth-order valence-corrected chi connectivity index (χ4v) is 0.688. The van der Waals surface area contributed by atoms with Crippen molar-refractivity contribution in [1.29, 1.82) is 0 Å². The molecule has 0 atom stereocenters. The first-order chi connectivity index (χ1) is 4.47. The number of pyridine rings is 1. The molecule has 46 valence electrons. The van der Waals surface area contributed by atoms with E-state index in [4.69, 9.17) is 0 Å². The van der Waals surface area contributed by atoms with Crippen molar-refractivity contribution in [3.05, 3.63) is 24.7 Å². The molecule has 2 rings (SSSR count). The number of hydrogen-bond acceptors (Lipinski definition) is 2. The van der Waals surface area contributed by atoms with Crippen molar-refractivity contribution in [3.8, 4) is 0 Å². The van der Waals surface area contributed by atoms with Crippen molar-refractivity contribution in [1.82, 2.24) is 15.0 Å². The second kappa shape index (κ2) is 3.21. The van der Waals surface area contributed by atoms with Crippen LogP contribution in [-0.2, 0) is 32.7 Å². The van der Waals surface area contributed by atoms with Crippen LogP contribution in [0.25, 0.3) is 11.2 Å². The molecule has 2 aromatic rings. The zero-order chi connectivity index (χ0) is 6.10. The molecule has 0 bridgehead atoms. The smallest absolute Gasteiger partial charge is 0.0196 e. The third-order valence-electron chi connectivity index (χ3n) is 1.09. The van der Waals surface area contributed by atoms with Crippen LogP contribution in [0.4, 0.5) is 0 Å². The molecule has 2 heterocycles. The number of aromatic nitrogens is 3. The van der Waals surface area contributed by atoms with Crippen LogP contribution in [0.2, 0.25) is 0 Å². The first-order valence-corrected chi connectivity index (χ1v) is 2.57. The van der Waals surface area contributed by atoms with Gasteiger partial charge in [0.25, 0.3) is 0 Å². The Morgan fingerprint density at radius 2 is 2.40 bits per heavy atom. The molecule has 4 heteroatoms. The molecule has 0 aromatic carbocycles. The van der Waals surface area contributed by atoms with Gasteiger partial charge in [-0.3, -0.25) is 0 Å². The number of imidazole rings is 1. The summed E-state index contributed by atoms with van der Waals surface area (Å²) in [5, 5.41) is 0. The molecule has 0 saturated carbocycles. The molecule has 2 radical (unpaired) electrons. The third-order valence-corrected chi connectivity index (χ3v) is 1.09. The van der Waals surface area contributed by atoms with Crippen molar-refractivity contribution in [2.24, 2.45) is 0 Å². The Morgan fingerprint density at radius 3 is 3.20 bits per heavy atom. The van der Waals surface area contributed by atoms with E-state index in [0.717, 1.165) is 5.52 Å². The molecule has 0 aliphatic rings. The summed E-state index contributed by atoms with van der Waals surface area (Å²) in [7, 11) is 0. The van der Waals surface area contributed by atoms with E-state index in [1.165, 1.54) is 6.33 Å². The summed E-state index contributed by atoms with van der Waals surface area (Å²) >= 11 is 0. The van der Waals surface area contributed by atoms with Crippen molar-refractivity contribution in [2.45, 2.75) is 0 Å². The number of hydrogen-bond donors (Lipinski definition) is 0. The van der Waals surface area contributed by atoms with E-state index in [2.05, 4.69) is 21.1 Å². The van der Waals surface area contributed by atoms with Gasteiger partial charge in [-0.1, -0.05) is 12.1 Å². The molecule has 0 aliphatic heterocycles. The molecule has 0 N–H and O–H groups in total. The largest absolute Gasteiger partial charge is 0.368 e. The van der Waals surface area contributed by atoms with Gasteiger partial charge in [0.1, 0.15) is 0 Å². The van der Waals surface area contributed by atoms with Gasteiger partial charge in [0.15, 0.2) is 0 Å². The van der Waals surface area contributed by atoms with Gasteiger partial charge >= 0.3 is 0 Å². The first kappa shape index (κ1) is 7.83. The van der Waals surface area contributed by atoms with Gasteiger partial charge in [-0.05, 0) is 6.33 Å². The SMILES string of the molecule is [Y].[c]1ccc2nc[n-]c2n1. The van der Waals surface area contributed by atoms with E-state index in [9.17, 15) is 0 Å². The predicted molar refractivity (Wildman–Crippen MR) is 31.7 cm³/mol. The molecular formula is C6H3N3Y-. The minimum Gasteiger partial charge on any atom is -0.368 e. The quantitative estimate of drug-likeness (QED) is 0.625. The zero-order valence-corrected chi connectivity index (χ0v) is 7.99. The van der Waals surface area contributed by atoms with Crippen LogP contribution < -0.4 is 4.98 Å². The van der Waals surface area contributed by atoms with E-state index >= 15 is 0 Å². The summed E-state index contributed by atoms with van der Waals surface area (Å²) in [6, 6.07) is 3.55. The Labute approximate surface area is 83.1 Å². The minimum absolute atomic E-state index is 0. The Bertz CT molecular complexity index is 287. The molecule has 3 nitrogen and oxygen atoms in total. The van der Waals surface area contributed by atoms with Crippen molar-refractivity contribution >= 4 is 11.2 Å². The zero-order valence-electron chi connectivity index (χ0n) is 5.15.